The fourth-order valence-electron chi connectivity index (χ4n) is 4.12. The van der Waals surface area contributed by atoms with E-state index in [1.807, 2.05) is 36.4 Å². The zero-order valence-electron chi connectivity index (χ0n) is 19.1. The molecule has 2 amide bonds. The lowest BCUT2D eigenvalue weighted by Crippen LogP contribution is -2.60. The summed E-state index contributed by atoms with van der Waals surface area (Å²) in [5.74, 6) is -2.35. The number of carbonyl (C=O) groups is 3. The summed E-state index contributed by atoms with van der Waals surface area (Å²) in [5.41, 5.74) is 2.99. The molecule has 3 rings (SSSR count). The molecule has 2 aromatic rings. The number of ether oxygens (including phenoxy) is 2. The minimum absolute atomic E-state index is 0.0453. The fraction of sp³-hybridized carbons (Fsp3) is 0.400. The summed E-state index contributed by atoms with van der Waals surface area (Å²) < 4.78 is 10.7. The van der Waals surface area contributed by atoms with Crippen molar-refractivity contribution >= 4 is 18.0 Å². The van der Waals surface area contributed by atoms with Crippen LogP contribution in [0.15, 0.2) is 48.5 Å². The van der Waals surface area contributed by atoms with Crippen LogP contribution in [0.1, 0.15) is 37.3 Å². The largest absolute Gasteiger partial charge is 0.481 e. The van der Waals surface area contributed by atoms with Gasteiger partial charge in [0.25, 0.3) is 0 Å². The second kappa shape index (κ2) is 10.5. The van der Waals surface area contributed by atoms with Crippen molar-refractivity contribution in [2.24, 2.45) is 5.92 Å². The predicted octanol–water partition coefficient (Wildman–Crippen LogP) is 3.16. The van der Waals surface area contributed by atoms with Gasteiger partial charge in [0.1, 0.15) is 12.1 Å². The summed E-state index contributed by atoms with van der Waals surface area (Å²) in [6.07, 6.45) is -0.381. The highest BCUT2D eigenvalue weighted by Gasteiger charge is 2.37. The van der Waals surface area contributed by atoms with Crippen molar-refractivity contribution in [1.29, 1.82) is 0 Å². The summed E-state index contributed by atoms with van der Waals surface area (Å²) in [6.45, 7) is 3.20. The predicted molar refractivity (Wildman–Crippen MR) is 123 cm³/mol. The number of benzene rings is 2. The first-order valence-electron chi connectivity index (χ1n) is 10.9. The van der Waals surface area contributed by atoms with E-state index in [0.717, 1.165) is 22.3 Å². The molecule has 0 aliphatic heterocycles. The smallest absolute Gasteiger partial charge is 0.408 e. The number of alkyl carbamates (subject to hydrolysis) is 1. The van der Waals surface area contributed by atoms with Gasteiger partial charge in [-0.15, -0.1) is 0 Å². The average Bonchev–Trinajstić information content (AvgIpc) is 3.11. The van der Waals surface area contributed by atoms with Gasteiger partial charge in [-0.2, -0.15) is 0 Å². The van der Waals surface area contributed by atoms with Crippen LogP contribution in [0.2, 0.25) is 0 Å². The Morgan fingerprint density at radius 1 is 1.06 bits per heavy atom. The van der Waals surface area contributed by atoms with Crippen molar-refractivity contribution in [3.8, 4) is 11.1 Å². The van der Waals surface area contributed by atoms with Crippen LogP contribution in [0.3, 0.4) is 0 Å². The Morgan fingerprint density at radius 3 is 2.15 bits per heavy atom. The number of hydrogen-bond acceptors (Lipinski definition) is 5. The van der Waals surface area contributed by atoms with Crippen molar-refractivity contribution in [2.45, 2.75) is 31.7 Å². The molecule has 0 saturated carbocycles. The van der Waals surface area contributed by atoms with Crippen molar-refractivity contribution in [3.05, 3.63) is 59.7 Å². The molecule has 0 saturated heterocycles. The summed E-state index contributed by atoms with van der Waals surface area (Å²) in [4.78, 5) is 36.6. The molecule has 0 radical (unpaired) electrons. The van der Waals surface area contributed by atoms with Gasteiger partial charge in [0.05, 0.1) is 12.5 Å². The first-order chi connectivity index (χ1) is 15.8. The molecule has 0 spiro atoms. The summed E-state index contributed by atoms with van der Waals surface area (Å²) >= 11 is 0. The number of carboxylic acid groups (broad SMARTS) is 1. The minimum atomic E-state index is -1.42. The van der Waals surface area contributed by atoms with E-state index in [2.05, 4.69) is 22.8 Å². The number of nitrogens with one attached hydrogen (secondary N) is 2. The number of fused-ring (bicyclic) bond motifs is 3. The molecule has 0 fully saturated rings. The molecule has 3 N–H and O–H groups in total. The molecule has 2 unspecified atom stereocenters. The molecule has 2 atom stereocenters. The van der Waals surface area contributed by atoms with E-state index >= 15 is 0 Å². The van der Waals surface area contributed by atoms with Gasteiger partial charge < -0.3 is 25.2 Å². The SMILES string of the molecule is CCC(CNC(=O)C(C)(COC)NC(=O)OCC1c2ccccc2-c2ccccc21)C(=O)O. The monoisotopic (exact) mass is 454 g/mol. The molecule has 1 aliphatic carbocycles. The van der Waals surface area contributed by atoms with E-state index < -0.39 is 29.4 Å². The zero-order valence-corrected chi connectivity index (χ0v) is 19.1. The van der Waals surface area contributed by atoms with Gasteiger partial charge in [-0.1, -0.05) is 55.5 Å². The number of rotatable bonds is 10. The van der Waals surface area contributed by atoms with Crippen molar-refractivity contribution in [2.75, 3.05) is 26.9 Å². The quantitative estimate of drug-likeness (QED) is 0.508. The maximum absolute atomic E-state index is 12.8. The third kappa shape index (κ3) is 5.34. The van der Waals surface area contributed by atoms with E-state index in [-0.39, 0.29) is 25.7 Å². The van der Waals surface area contributed by atoms with E-state index in [1.54, 1.807) is 6.92 Å². The van der Waals surface area contributed by atoms with E-state index in [9.17, 15) is 19.5 Å². The molecule has 8 heteroatoms. The van der Waals surface area contributed by atoms with Crippen LogP contribution in [0.5, 0.6) is 0 Å². The summed E-state index contributed by atoms with van der Waals surface area (Å²) in [5, 5.41) is 14.4. The molecule has 0 bridgehead atoms. The fourth-order valence-corrected chi connectivity index (χ4v) is 4.12. The molecule has 8 nitrogen and oxygen atoms in total. The van der Waals surface area contributed by atoms with E-state index in [4.69, 9.17) is 9.47 Å². The van der Waals surface area contributed by atoms with Crippen LogP contribution in [-0.2, 0) is 19.1 Å². The average molecular weight is 455 g/mol. The van der Waals surface area contributed by atoms with Crippen LogP contribution in [-0.4, -0.2) is 55.5 Å². The lowest BCUT2D eigenvalue weighted by atomic mass is 9.98. The van der Waals surface area contributed by atoms with Crippen molar-refractivity contribution < 1.29 is 29.0 Å². The molecule has 0 heterocycles. The van der Waals surface area contributed by atoms with Crippen LogP contribution in [0, 0.1) is 5.92 Å². The normalized spacial score (nSPS) is 15.0. The Bertz CT molecular complexity index is 978. The zero-order chi connectivity index (χ0) is 24.0. The Balaban J connectivity index is 1.66. The highest BCUT2D eigenvalue weighted by atomic mass is 16.5. The number of aliphatic carboxylic acids is 1. The molecular weight excluding hydrogens is 424 g/mol. The molecule has 33 heavy (non-hydrogen) atoms. The first kappa shape index (κ1) is 24.3. The second-order valence-corrected chi connectivity index (χ2v) is 8.37. The highest BCUT2D eigenvalue weighted by molar-refractivity contribution is 5.90. The number of amides is 2. The number of carbonyl (C=O) groups excluding carboxylic acids is 2. The van der Waals surface area contributed by atoms with Gasteiger partial charge in [0.2, 0.25) is 5.91 Å². The van der Waals surface area contributed by atoms with Crippen molar-refractivity contribution in [1.82, 2.24) is 10.6 Å². The highest BCUT2D eigenvalue weighted by Crippen LogP contribution is 2.44. The number of hydrogen-bond donors (Lipinski definition) is 3. The Hall–Kier alpha value is -3.39. The van der Waals surface area contributed by atoms with Gasteiger partial charge >= 0.3 is 12.1 Å². The Morgan fingerprint density at radius 2 is 1.64 bits per heavy atom. The van der Waals surface area contributed by atoms with Gasteiger partial charge in [0, 0.05) is 19.6 Å². The lowest BCUT2D eigenvalue weighted by Gasteiger charge is -2.29. The van der Waals surface area contributed by atoms with Gasteiger partial charge in [0.15, 0.2) is 0 Å². The lowest BCUT2D eigenvalue weighted by molar-refractivity contribution is -0.142. The second-order valence-electron chi connectivity index (χ2n) is 8.37. The summed E-state index contributed by atoms with van der Waals surface area (Å²) in [6, 6.07) is 16.0. The van der Waals surface area contributed by atoms with Crippen LogP contribution in [0.25, 0.3) is 11.1 Å². The maximum Gasteiger partial charge on any atom is 0.408 e. The maximum atomic E-state index is 12.8. The third-order valence-electron chi connectivity index (χ3n) is 6.01. The first-order valence-corrected chi connectivity index (χ1v) is 10.9. The molecule has 176 valence electrons. The number of carboxylic acids is 1. The van der Waals surface area contributed by atoms with Crippen molar-refractivity contribution in [3.63, 3.8) is 0 Å². The summed E-state index contributed by atoms with van der Waals surface area (Å²) in [7, 11) is 1.41. The van der Waals surface area contributed by atoms with E-state index in [1.165, 1.54) is 14.0 Å². The van der Waals surface area contributed by atoms with Gasteiger partial charge in [-0.3, -0.25) is 9.59 Å². The molecule has 1 aliphatic rings. The van der Waals surface area contributed by atoms with Gasteiger partial charge in [-0.25, -0.2) is 4.79 Å². The minimum Gasteiger partial charge on any atom is -0.481 e. The molecule has 0 aromatic heterocycles. The topological polar surface area (TPSA) is 114 Å². The van der Waals surface area contributed by atoms with Gasteiger partial charge in [-0.05, 0) is 35.6 Å². The van der Waals surface area contributed by atoms with Crippen LogP contribution < -0.4 is 10.6 Å². The number of methoxy groups -OCH3 is 1. The Kier molecular flexibility index (Phi) is 7.71. The van der Waals surface area contributed by atoms with Crippen LogP contribution in [0.4, 0.5) is 4.79 Å². The third-order valence-corrected chi connectivity index (χ3v) is 6.01. The molecule has 2 aromatic carbocycles. The standard InChI is InChI=1S/C25H30N2O6/c1-4-16(22(28)29)13-26-23(30)25(2,15-32-3)27-24(31)33-14-21-19-11-7-5-9-17(19)18-10-6-8-12-20(18)21/h5-12,16,21H,4,13-15H2,1-3H3,(H,26,30)(H,27,31)(H,28,29). The Labute approximate surface area is 193 Å². The van der Waals surface area contributed by atoms with E-state index in [0.29, 0.717) is 6.42 Å². The molecular formula is C25H30N2O6. The van der Waals surface area contributed by atoms with Crippen LogP contribution >= 0.6 is 0 Å².